The summed E-state index contributed by atoms with van der Waals surface area (Å²) in [5.41, 5.74) is 7.82. The Kier molecular flexibility index (Phi) is 7.08. The van der Waals surface area contributed by atoms with Crippen molar-refractivity contribution >= 4 is 22.6 Å². The molecule has 0 spiro atoms. The minimum Gasteiger partial charge on any atom is -0.0940 e. The van der Waals surface area contributed by atoms with Crippen molar-refractivity contribution in [3.8, 4) is 0 Å². The van der Waals surface area contributed by atoms with Gasteiger partial charge < -0.3 is 0 Å². The molecule has 0 saturated heterocycles. The van der Waals surface area contributed by atoms with Gasteiger partial charge in [-0.15, -0.1) is 0 Å². The highest BCUT2D eigenvalue weighted by molar-refractivity contribution is 14.1. The molecule has 0 bridgehead atoms. The lowest BCUT2D eigenvalue weighted by atomic mass is 10.3. The van der Waals surface area contributed by atoms with E-state index in [9.17, 15) is 0 Å². The Morgan fingerprint density at radius 2 is 2.25 bits per heavy atom. The van der Waals surface area contributed by atoms with Gasteiger partial charge in [-0.25, -0.2) is 0 Å². The second-order valence-corrected chi connectivity index (χ2v) is 2.43. The third-order valence-corrected chi connectivity index (χ3v) is 1.47. The summed E-state index contributed by atoms with van der Waals surface area (Å²) in [6.45, 7) is 0.652. The summed E-state index contributed by atoms with van der Waals surface area (Å²) in [5.74, 6) is 0. The second kappa shape index (κ2) is 7.04. The Labute approximate surface area is 62.2 Å². The third kappa shape index (κ3) is 6.04. The van der Waals surface area contributed by atoms with Gasteiger partial charge in [0.05, 0.1) is 0 Å². The zero-order valence-electron chi connectivity index (χ0n) is 4.55. The lowest BCUT2D eigenvalue weighted by Gasteiger charge is -1.85. The molecule has 0 amide bonds. The standard InChI is InChI=1S/C4H8IN3/c5-3-1-2-4-7-8-6/h1-4H2. The Morgan fingerprint density at radius 3 is 2.75 bits per heavy atom. The molecular weight excluding hydrogens is 217 g/mol. The van der Waals surface area contributed by atoms with E-state index in [1.165, 1.54) is 0 Å². The predicted molar refractivity (Wildman–Crippen MR) is 42.1 cm³/mol. The van der Waals surface area contributed by atoms with Crippen LogP contribution < -0.4 is 0 Å². The fraction of sp³-hybridized carbons (Fsp3) is 1.00. The van der Waals surface area contributed by atoms with Crippen LogP contribution in [0.5, 0.6) is 0 Å². The van der Waals surface area contributed by atoms with E-state index in [1.54, 1.807) is 0 Å². The van der Waals surface area contributed by atoms with Crippen molar-refractivity contribution in [1.29, 1.82) is 0 Å². The van der Waals surface area contributed by atoms with Crippen LogP contribution in [0.3, 0.4) is 0 Å². The van der Waals surface area contributed by atoms with E-state index in [0.29, 0.717) is 6.54 Å². The highest BCUT2D eigenvalue weighted by atomic mass is 127. The second-order valence-electron chi connectivity index (χ2n) is 1.35. The van der Waals surface area contributed by atoms with Crippen molar-refractivity contribution < 1.29 is 0 Å². The molecule has 0 aromatic rings. The summed E-state index contributed by atoms with van der Waals surface area (Å²) in [6.07, 6.45) is 2.17. The van der Waals surface area contributed by atoms with Crippen molar-refractivity contribution in [3.05, 3.63) is 10.4 Å². The summed E-state index contributed by atoms with van der Waals surface area (Å²) >= 11 is 2.30. The van der Waals surface area contributed by atoms with E-state index >= 15 is 0 Å². The molecule has 0 saturated carbocycles. The molecule has 0 heterocycles. The van der Waals surface area contributed by atoms with Crippen LogP contribution in [-0.2, 0) is 0 Å². The van der Waals surface area contributed by atoms with Crippen LogP contribution in [0.1, 0.15) is 12.8 Å². The van der Waals surface area contributed by atoms with E-state index in [-0.39, 0.29) is 0 Å². The molecular formula is C4H8IN3. The molecule has 4 heteroatoms. The van der Waals surface area contributed by atoms with Gasteiger partial charge in [0, 0.05) is 11.5 Å². The normalized spacial score (nSPS) is 8.12. The maximum absolute atomic E-state index is 7.82. The quantitative estimate of drug-likeness (QED) is 0.176. The molecule has 0 radical (unpaired) electrons. The first-order valence-electron chi connectivity index (χ1n) is 2.48. The van der Waals surface area contributed by atoms with E-state index in [4.69, 9.17) is 5.53 Å². The van der Waals surface area contributed by atoms with Gasteiger partial charge in [0.2, 0.25) is 0 Å². The minimum absolute atomic E-state index is 0.652. The molecule has 0 aromatic carbocycles. The maximum atomic E-state index is 7.82. The third-order valence-electron chi connectivity index (χ3n) is 0.705. The van der Waals surface area contributed by atoms with Gasteiger partial charge in [-0.2, -0.15) is 0 Å². The van der Waals surface area contributed by atoms with Gasteiger partial charge in [0.25, 0.3) is 0 Å². The summed E-state index contributed by atoms with van der Waals surface area (Å²) in [6, 6.07) is 0. The molecule has 0 aromatic heterocycles. The lowest BCUT2D eigenvalue weighted by molar-refractivity contribution is 0.816. The summed E-state index contributed by atoms with van der Waals surface area (Å²) in [4.78, 5) is 2.63. The fourth-order valence-corrected chi connectivity index (χ4v) is 0.861. The number of nitrogens with zero attached hydrogens (tertiary/aromatic N) is 3. The van der Waals surface area contributed by atoms with E-state index in [1.807, 2.05) is 0 Å². The molecule has 0 N–H and O–H groups in total. The van der Waals surface area contributed by atoms with Crippen molar-refractivity contribution in [3.63, 3.8) is 0 Å². The molecule has 0 fully saturated rings. The average Bonchev–Trinajstić information content (AvgIpc) is 1.81. The van der Waals surface area contributed by atoms with E-state index < -0.39 is 0 Å². The van der Waals surface area contributed by atoms with Crippen LogP contribution in [-0.4, -0.2) is 11.0 Å². The van der Waals surface area contributed by atoms with Crippen molar-refractivity contribution in [1.82, 2.24) is 0 Å². The average molecular weight is 225 g/mol. The SMILES string of the molecule is [N-]=[N+]=NCCCCI. The molecule has 46 valence electrons. The highest BCUT2D eigenvalue weighted by Gasteiger charge is 1.80. The highest BCUT2D eigenvalue weighted by Crippen LogP contribution is 1.93. The van der Waals surface area contributed by atoms with Crippen LogP contribution in [0, 0.1) is 0 Å². The molecule has 0 aliphatic rings. The summed E-state index contributed by atoms with van der Waals surface area (Å²) in [5, 5.41) is 3.39. The van der Waals surface area contributed by atoms with Gasteiger partial charge in [-0.05, 0) is 22.8 Å². The van der Waals surface area contributed by atoms with Crippen LogP contribution >= 0.6 is 22.6 Å². The van der Waals surface area contributed by atoms with Gasteiger partial charge >= 0.3 is 0 Å². The molecule has 0 unspecified atom stereocenters. The van der Waals surface area contributed by atoms with Crippen LogP contribution in [0.2, 0.25) is 0 Å². The first-order chi connectivity index (χ1) is 3.91. The van der Waals surface area contributed by atoms with Crippen LogP contribution in [0.25, 0.3) is 10.4 Å². The van der Waals surface area contributed by atoms with Crippen molar-refractivity contribution in [2.75, 3.05) is 11.0 Å². The first-order valence-corrected chi connectivity index (χ1v) is 4.01. The van der Waals surface area contributed by atoms with Crippen LogP contribution in [0.4, 0.5) is 0 Å². The Morgan fingerprint density at radius 1 is 1.50 bits per heavy atom. The summed E-state index contributed by atoms with van der Waals surface area (Å²) < 4.78 is 1.15. The Balaban J connectivity index is 2.82. The number of hydrogen-bond donors (Lipinski definition) is 0. The predicted octanol–water partition coefficient (Wildman–Crippen LogP) is 2.51. The number of unbranched alkanes of at least 4 members (excludes halogenated alkanes) is 1. The largest absolute Gasteiger partial charge is 0.0940 e. The number of hydrogen-bond acceptors (Lipinski definition) is 1. The molecule has 0 aliphatic carbocycles. The lowest BCUT2D eigenvalue weighted by Crippen LogP contribution is -1.78. The molecule has 0 atom stereocenters. The maximum Gasteiger partial charge on any atom is 0.0258 e. The molecule has 3 nitrogen and oxygen atoms in total. The smallest absolute Gasteiger partial charge is 0.0258 e. The summed E-state index contributed by atoms with van der Waals surface area (Å²) in [7, 11) is 0. The van der Waals surface area contributed by atoms with Gasteiger partial charge in [0.15, 0.2) is 0 Å². The number of rotatable bonds is 4. The fourth-order valence-electron chi connectivity index (χ4n) is 0.322. The van der Waals surface area contributed by atoms with Crippen molar-refractivity contribution in [2.24, 2.45) is 5.11 Å². The zero-order valence-corrected chi connectivity index (χ0v) is 6.71. The van der Waals surface area contributed by atoms with Gasteiger partial charge in [0.1, 0.15) is 0 Å². The molecule has 0 aliphatic heterocycles. The van der Waals surface area contributed by atoms with Crippen LogP contribution in [0.15, 0.2) is 5.11 Å². The van der Waals surface area contributed by atoms with Crippen molar-refractivity contribution in [2.45, 2.75) is 12.8 Å². The minimum atomic E-state index is 0.652. The number of halogens is 1. The number of azide groups is 1. The van der Waals surface area contributed by atoms with Gasteiger partial charge in [-0.1, -0.05) is 27.7 Å². The van der Waals surface area contributed by atoms with E-state index in [0.717, 1.165) is 17.3 Å². The Hall–Kier alpha value is 0.0400. The molecule has 0 rings (SSSR count). The molecule has 8 heavy (non-hydrogen) atoms. The Bertz CT molecular complexity index is 87.3. The van der Waals surface area contributed by atoms with E-state index in [2.05, 4.69) is 32.6 Å². The number of alkyl halides is 1. The first kappa shape index (κ1) is 8.04. The van der Waals surface area contributed by atoms with Gasteiger partial charge in [-0.3, -0.25) is 0 Å². The monoisotopic (exact) mass is 225 g/mol. The zero-order chi connectivity index (χ0) is 6.24. The topological polar surface area (TPSA) is 48.8 Å².